The van der Waals surface area contributed by atoms with Crippen LogP contribution in [0.15, 0.2) is 11.5 Å². The molecule has 1 aliphatic heterocycles. The number of hydrogen-bond acceptors (Lipinski definition) is 15. The molecule has 15 heteroatoms. The van der Waals surface area contributed by atoms with Crippen LogP contribution in [0.2, 0.25) is 0 Å². The van der Waals surface area contributed by atoms with E-state index in [4.69, 9.17) is 37.1 Å². The topological polar surface area (TPSA) is 277 Å². The fourth-order valence-corrected chi connectivity index (χ4v) is 4.87. The van der Waals surface area contributed by atoms with E-state index in [9.17, 15) is 30.6 Å². The van der Waals surface area contributed by atoms with E-state index in [2.05, 4.69) is 10.6 Å². The van der Waals surface area contributed by atoms with Gasteiger partial charge in [-0.3, -0.25) is 0 Å². The molecule has 2 rings (SSSR count). The molecule has 0 aromatic carbocycles. The molecular formula is C24H50N6O9. The summed E-state index contributed by atoms with van der Waals surface area (Å²) in [6, 6.07) is -1.76. The Morgan fingerprint density at radius 1 is 1.10 bits per heavy atom. The number of ether oxygens (including phenoxy) is 3. The van der Waals surface area contributed by atoms with E-state index in [1.165, 1.54) is 7.05 Å². The van der Waals surface area contributed by atoms with Gasteiger partial charge >= 0.3 is 0 Å². The highest BCUT2D eigenvalue weighted by Crippen LogP contribution is 2.25. The summed E-state index contributed by atoms with van der Waals surface area (Å²) in [7, 11) is 1.46. The van der Waals surface area contributed by atoms with Crippen molar-refractivity contribution in [2.45, 2.75) is 112 Å². The molecule has 0 aromatic heterocycles. The van der Waals surface area contributed by atoms with Gasteiger partial charge < -0.3 is 78.4 Å². The van der Waals surface area contributed by atoms with Gasteiger partial charge in [0, 0.05) is 25.6 Å². The van der Waals surface area contributed by atoms with E-state index >= 15 is 0 Å². The Hall–Kier alpha value is -1.18. The lowest BCUT2D eigenvalue weighted by atomic mass is 9.89. The molecule has 39 heavy (non-hydrogen) atoms. The van der Waals surface area contributed by atoms with Crippen molar-refractivity contribution in [1.82, 2.24) is 10.6 Å². The van der Waals surface area contributed by atoms with Crippen LogP contribution in [0.25, 0.3) is 0 Å². The van der Waals surface area contributed by atoms with E-state index in [0.717, 1.165) is 6.42 Å². The molecule has 230 valence electrons. The molecule has 0 bridgehead atoms. The Morgan fingerprint density at radius 3 is 2.44 bits per heavy atom. The molecule has 2 aliphatic rings. The second-order valence-corrected chi connectivity index (χ2v) is 10.3. The smallest absolute Gasteiger partial charge is 0.202 e. The highest BCUT2D eigenvalue weighted by molar-refractivity contribution is 5.08. The van der Waals surface area contributed by atoms with Gasteiger partial charge in [0.25, 0.3) is 0 Å². The molecule has 16 N–H and O–H groups in total. The zero-order valence-corrected chi connectivity index (χ0v) is 22.6. The first-order chi connectivity index (χ1) is 18.5. The summed E-state index contributed by atoms with van der Waals surface area (Å²) in [5, 5.41) is 67.9. The van der Waals surface area contributed by atoms with Gasteiger partial charge in [0.2, 0.25) is 6.29 Å². The van der Waals surface area contributed by atoms with E-state index in [1.807, 2.05) is 0 Å². The fourth-order valence-electron chi connectivity index (χ4n) is 4.87. The minimum atomic E-state index is -1.75. The largest absolute Gasteiger partial charge is 0.510 e. The van der Waals surface area contributed by atoms with Crippen molar-refractivity contribution in [2.75, 3.05) is 26.7 Å². The normalized spacial score (nSPS) is 34.7. The summed E-state index contributed by atoms with van der Waals surface area (Å²) < 4.78 is 16.6. The molecule has 1 heterocycles. The van der Waals surface area contributed by atoms with Crippen molar-refractivity contribution in [2.24, 2.45) is 22.9 Å². The van der Waals surface area contributed by atoms with Gasteiger partial charge in [0.05, 0.1) is 24.8 Å². The molecule has 1 saturated heterocycles. The number of nitrogens with two attached hydrogens (primary N) is 4. The number of nitrogens with one attached hydrogen (secondary N) is 2. The standard InChI is InChI=1S/C24H50N6O9/c1-29-18(15(32)5-2-4-13(27)22(35)37-16-7-6-12(26)10-14(16)28)23(36)39-24-21(34)20(33)19(17(11-31)38-24)30-9-3-8-25/h12-14,16-17,19-24,29-36H,2-11,25-28H2,1H3/b18-15+/t12-,13?,14?,16-,17?,19+,20?,21?,22+,23?,24+/m0/s1. The number of aliphatic hydroxyl groups excluding tert-OH is 6. The maximum absolute atomic E-state index is 10.6. The highest BCUT2D eigenvalue weighted by atomic mass is 16.7. The Balaban J connectivity index is 1.88. The lowest BCUT2D eigenvalue weighted by molar-refractivity contribution is -0.311. The van der Waals surface area contributed by atoms with Crippen LogP contribution in [0.3, 0.4) is 0 Å². The molecular weight excluding hydrogens is 516 g/mol. The summed E-state index contributed by atoms with van der Waals surface area (Å²) in [5.41, 5.74) is 23.4. The van der Waals surface area contributed by atoms with Gasteiger partial charge in [-0.2, -0.15) is 0 Å². The predicted molar refractivity (Wildman–Crippen MR) is 142 cm³/mol. The zero-order chi connectivity index (χ0) is 29.1. The van der Waals surface area contributed by atoms with Gasteiger partial charge in [-0.25, -0.2) is 0 Å². The lowest BCUT2D eigenvalue weighted by Gasteiger charge is -2.43. The molecule has 15 nitrogen and oxygen atoms in total. The van der Waals surface area contributed by atoms with Crippen LogP contribution in [0, 0.1) is 0 Å². The van der Waals surface area contributed by atoms with Crippen molar-refractivity contribution in [3.63, 3.8) is 0 Å². The third-order valence-corrected chi connectivity index (χ3v) is 7.24. The number of rotatable bonds is 16. The number of allylic oxidation sites excluding steroid dienone is 1. The van der Waals surface area contributed by atoms with Crippen LogP contribution in [0.4, 0.5) is 0 Å². The first-order valence-electron chi connectivity index (χ1n) is 13.6. The molecule has 1 saturated carbocycles. The number of aliphatic hydroxyl groups is 6. The average molecular weight is 567 g/mol. The zero-order valence-electron chi connectivity index (χ0n) is 22.6. The molecule has 2 fully saturated rings. The number of hydrogen-bond donors (Lipinski definition) is 12. The van der Waals surface area contributed by atoms with Crippen molar-refractivity contribution in [3.8, 4) is 0 Å². The molecule has 0 radical (unpaired) electrons. The van der Waals surface area contributed by atoms with Crippen LogP contribution in [0.5, 0.6) is 0 Å². The fraction of sp³-hybridized carbons (Fsp3) is 0.917. The molecule has 0 spiro atoms. The quantitative estimate of drug-likeness (QED) is 0.0483. The summed E-state index contributed by atoms with van der Waals surface area (Å²) in [6.45, 7) is 0.389. The number of likely N-dealkylation sites (N-methyl/N-ethyl adjacent to an activating group) is 1. The van der Waals surface area contributed by atoms with Gasteiger partial charge in [-0.15, -0.1) is 0 Å². The molecule has 0 amide bonds. The van der Waals surface area contributed by atoms with Crippen LogP contribution in [-0.4, -0.2) is 125 Å². The predicted octanol–water partition coefficient (Wildman–Crippen LogP) is -3.90. The Bertz CT molecular complexity index is 736. The maximum Gasteiger partial charge on any atom is 0.202 e. The van der Waals surface area contributed by atoms with E-state index in [-0.39, 0.29) is 36.1 Å². The first kappa shape index (κ1) is 34.0. The molecule has 0 aromatic rings. The van der Waals surface area contributed by atoms with E-state index in [0.29, 0.717) is 45.2 Å². The second-order valence-electron chi connectivity index (χ2n) is 10.3. The summed E-state index contributed by atoms with van der Waals surface area (Å²) in [5.74, 6) is -0.234. The van der Waals surface area contributed by atoms with Gasteiger partial charge in [0.1, 0.15) is 29.8 Å². The van der Waals surface area contributed by atoms with Gasteiger partial charge in [-0.05, 0) is 51.6 Å². The highest BCUT2D eigenvalue weighted by Gasteiger charge is 2.45. The summed E-state index contributed by atoms with van der Waals surface area (Å²) >= 11 is 0. The third-order valence-electron chi connectivity index (χ3n) is 7.24. The molecule has 11 atom stereocenters. The molecule has 6 unspecified atom stereocenters. The Morgan fingerprint density at radius 2 is 1.82 bits per heavy atom. The van der Waals surface area contributed by atoms with Crippen molar-refractivity contribution < 1.29 is 44.8 Å². The van der Waals surface area contributed by atoms with Crippen LogP contribution < -0.4 is 33.6 Å². The van der Waals surface area contributed by atoms with Crippen LogP contribution >= 0.6 is 0 Å². The van der Waals surface area contributed by atoms with Crippen LogP contribution in [-0.2, 0) is 14.2 Å². The van der Waals surface area contributed by atoms with Gasteiger partial charge in [0.15, 0.2) is 12.6 Å². The minimum Gasteiger partial charge on any atom is -0.510 e. The summed E-state index contributed by atoms with van der Waals surface area (Å²) in [4.78, 5) is 0. The third kappa shape index (κ3) is 10.00. The van der Waals surface area contributed by atoms with Gasteiger partial charge in [-0.1, -0.05) is 0 Å². The van der Waals surface area contributed by atoms with Crippen molar-refractivity contribution in [1.29, 1.82) is 0 Å². The lowest BCUT2D eigenvalue weighted by Crippen LogP contribution is -2.64. The van der Waals surface area contributed by atoms with E-state index in [1.54, 1.807) is 0 Å². The monoisotopic (exact) mass is 566 g/mol. The average Bonchev–Trinajstić information content (AvgIpc) is 2.89. The van der Waals surface area contributed by atoms with Crippen molar-refractivity contribution >= 4 is 0 Å². The Kier molecular flexibility index (Phi) is 14.8. The Labute approximate surface area is 229 Å². The first-order valence-corrected chi connectivity index (χ1v) is 13.6. The second kappa shape index (κ2) is 16.9. The SMILES string of the molecule is CN/C(=C(/O)CCCC(N)[C@H](O)O[C@H]1CC[C@H](N)CC1N)C(O)O[C@H]1OC(CO)[C@@H](NCCCN)C(O)C1O. The summed E-state index contributed by atoms with van der Waals surface area (Å²) in [6.07, 6.45) is -5.30. The van der Waals surface area contributed by atoms with Crippen molar-refractivity contribution in [3.05, 3.63) is 11.5 Å². The van der Waals surface area contributed by atoms with Crippen LogP contribution in [0.1, 0.15) is 44.9 Å². The van der Waals surface area contributed by atoms with E-state index < -0.39 is 55.9 Å². The minimum absolute atomic E-state index is 0.0237. The maximum atomic E-state index is 10.6. The molecule has 1 aliphatic carbocycles.